The Balaban J connectivity index is 1.56. The number of nitrogens with one attached hydrogen (secondary N) is 1. The van der Waals surface area contributed by atoms with Crippen molar-refractivity contribution in [3.8, 4) is 11.5 Å². The molecule has 0 bridgehead atoms. The highest BCUT2D eigenvalue weighted by Gasteiger charge is 2.34. The van der Waals surface area contributed by atoms with Gasteiger partial charge in [0.25, 0.3) is 11.6 Å². The molecule has 1 heterocycles. The SMILES string of the molecule is Cc1cc(C(=O)NC(c2ccc3c(c2)OCCO3)C2CC2)ccc1[N+](=O)[O-]. The minimum Gasteiger partial charge on any atom is -0.486 e. The number of hydrogen-bond acceptors (Lipinski definition) is 5. The fourth-order valence-corrected chi connectivity index (χ4v) is 3.38. The highest BCUT2D eigenvalue weighted by molar-refractivity contribution is 5.95. The van der Waals surface area contributed by atoms with Gasteiger partial charge in [-0.1, -0.05) is 6.07 Å². The Morgan fingerprint density at radius 1 is 1.15 bits per heavy atom. The molecule has 7 nitrogen and oxygen atoms in total. The van der Waals surface area contributed by atoms with Crippen LogP contribution in [0.2, 0.25) is 0 Å². The van der Waals surface area contributed by atoms with Gasteiger partial charge in [0, 0.05) is 17.2 Å². The largest absolute Gasteiger partial charge is 0.486 e. The van der Waals surface area contributed by atoms with E-state index in [2.05, 4.69) is 5.32 Å². The van der Waals surface area contributed by atoms with E-state index >= 15 is 0 Å². The average Bonchev–Trinajstić information content (AvgIpc) is 3.50. The molecule has 1 aliphatic heterocycles. The number of ether oxygens (including phenoxy) is 2. The third kappa shape index (κ3) is 3.58. The van der Waals surface area contributed by atoms with Gasteiger partial charge in [0.05, 0.1) is 11.0 Å². The quantitative estimate of drug-likeness (QED) is 0.644. The predicted octanol–water partition coefficient (Wildman–Crippen LogP) is 3.56. The summed E-state index contributed by atoms with van der Waals surface area (Å²) in [6, 6.07) is 10.1. The van der Waals surface area contributed by atoms with Crippen molar-refractivity contribution < 1.29 is 19.2 Å². The van der Waals surface area contributed by atoms with Crippen LogP contribution in [-0.2, 0) is 0 Å². The van der Waals surface area contributed by atoms with E-state index in [0.29, 0.717) is 36.0 Å². The van der Waals surface area contributed by atoms with Gasteiger partial charge in [-0.25, -0.2) is 0 Å². The first kappa shape index (κ1) is 17.3. The molecule has 0 spiro atoms. The second kappa shape index (κ2) is 6.90. The van der Waals surface area contributed by atoms with Crippen LogP contribution in [0.5, 0.6) is 11.5 Å². The van der Waals surface area contributed by atoms with E-state index in [0.717, 1.165) is 24.2 Å². The Hall–Kier alpha value is -3.09. The molecule has 27 heavy (non-hydrogen) atoms. The summed E-state index contributed by atoms with van der Waals surface area (Å²) >= 11 is 0. The maximum Gasteiger partial charge on any atom is 0.272 e. The number of benzene rings is 2. The van der Waals surface area contributed by atoms with Crippen LogP contribution in [0.15, 0.2) is 36.4 Å². The fraction of sp³-hybridized carbons (Fsp3) is 0.350. The summed E-state index contributed by atoms with van der Waals surface area (Å²) in [5.74, 6) is 1.57. The first-order valence-corrected chi connectivity index (χ1v) is 8.98. The van der Waals surface area contributed by atoms with Gasteiger partial charge in [0.2, 0.25) is 0 Å². The maximum absolute atomic E-state index is 12.7. The fourth-order valence-electron chi connectivity index (χ4n) is 3.38. The number of carbonyl (C=O) groups is 1. The van der Waals surface area contributed by atoms with Crippen molar-refractivity contribution in [3.63, 3.8) is 0 Å². The molecule has 4 rings (SSSR count). The van der Waals surface area contributed by atoms with Crippen molar-refractivity contribution in [1.29, 1.82) is 0 Å². The molecule has 1 unspecified atom stereocenters. The van der Waals surface area contributed by atoms with Crippen molar-refractivity contribution in [1.82, 2.24) is 5.32 Å². The number of aryl methyl sites for hydroxylation is 1. The van der Waals surface area contributed by atoms with Crippen LogP contribution in [0.4, 0.5) is 5.69 Å². The summed E-state index contributed by atoms with van der Waals surface area (Å²) in [5, 5.41) is 14.1. The van der Waals surface area contributed by atoms with Crippen LogP contribution in [0.3, 0.4) is 0 Å². The van der Waals surface area contributed by atoms with Crippen molar-refractivity contribution in [3.05, 3.63) is 63.2 Å². The lowest BCUT2D eigenvalue weighted by Crippen LogP contribution is -2.30. The first-order chi connectivity index (χ1) is 13.0. The topological polar surface area (TPSA) is 90.7 Å². The van der Waals surface area contributed by atoms with E-state index in [4.69, 9.17) is 9.47 Å². The third-order valence-corrected chi connectivity index (χ3v) is 4.96. The van der Waals surface area contributed by atoms with Gasteiger partial charge in [-0.2, -0.15) is 0 Å². The monoisotopic (exact) mass is 368 g/mol. The Labute approximate surface area is 156 Å². The molecule has 0 radical (unpaired) electrons. The molecule has 1 atom stereocenters. The van der Waals surface area contributed by atoms with Crippen LogP contribution in [0.1, 0.15) is 40.4 Å². The first-order valence-electron chi connectivity index (χ1n) is 8.98. The van der Waals surface area contributed by atoms with E-state index in [1.54, 1.807) is 13.0 Å². The van der Waals surface area contributed by atoms with Gasteiger partial charge in [0.1, 0.15) is 13.2 Å². The van der Waals surface area contributed by atoms with Crippen LogP contribution in [0.25, 0.3) is 0 Å². The highest BCUT2D eigenvalue weighted by atomic mass is 16.6. The number of carbonyl (C=O) groups excluding carboxylic acids is 1. The zero-order chi connectivity index (χ0) is 19.0. The summed E-state index contributed by atoms with van der Waals surface area (Å²) in [5.41, 5.74) is 1.88. The van der Waals surface area contributed by atoms with Gasteiger partial charge in [-0.3, -0.25) is 14.9 Å². The zero-order valence-electron chi connectivity index (χ0n) is 14.9. The molecule has 2 aromatic rings. The minimum absolute atomic E-state index is 0.0112. The lowest BCUT2D eigenvalue weighted by atomic mass is 10.0. The minimum atomic E-state index is -0.445. The van der Waals surface area contributed by atoms with Crippen molar-refractivity contribution in [2.75, 3.05) is 13.2 Å². The molecule has 1 saturated carbocycles. The lowest BCUT2D eigenvalue weighted by molar-refractivity contribution is -0.385. The van der Waals surface area contributed by atoms with E-state index in [1.165, 1.54) is 12.1 Å². The average molecular weight is 368 g/mol. The van der Waals surface area contributed by atoms with Crippen molar-refractivity contribution in [2.24, 2.45) is 5.92 Å². The molecule has 7 heteroatoms. The van der Waals surface area contributed by atoms with E-state index < -0.39 is 4.92 Å². The lowest BCUT2D eigenvalue weighted by Gasteiger charge is -2.23. The molecule has 1 fully saturated rings. The van der Waals surface area contributed by atoms with Gasteiger partial charge in [-0.15, -0.1) is 0 Å². The smallest absolute Gasteiger partial charge is 0.272 e. The summed E-state index contributed by atoms with van der Waals surface area (Å²) in [7, 11) is 0. The predicted molar refractivity (Wildman–Crippen MR) is 98.2 cm³/mol. The number of amides is 1. The molecular weight excluding hydrogens is 348 g/mol. The van der Waals surface area contributed by atoms with Gasteiger partial charge >= 0.3 is 0 Å². The molecule has 1 N–H and O–H groups in total. The number of hydrogen-bond donors (Lipinski definition) is 1. The third-order valence-electron chi connectivity index (χ3n) is 4.96. The van der Waals surface area contributed by atoms with E-state index in [1.807, 2.05) is 18.2 Å². The van der Waals surface area contributed by atoms with E-state index in [-0.39, 0.29) is 17.6 Å². The second-order valence-electron chi connectivity index (χ2n) is 6.95. The molecule has 1 amide bonds. The van der Waals surface area contributed by atoms with E-state index in [9.17, 15) is 14.9 Å². The van der Waals surface area contributed by atoms with Gasteiger partial charge < -0.3 is 14.8 Å². The van der Waals surface area contributed by atoms with Gasteiger partial charge in [0.15, 0.2) is 11.5 Å². The molecule has 0 saturated heterocycles. The van der Waals surface area contributed by atoms with Gasteiger partial charge in [-0.05, 0) is 55.5 Å². The number of nitro groups is 1. The number of fused-ring (bicyclic) bond motifs is 1. The number of rotatable bonds is 5. The van der Waals surface area contributed by atoms with Crippen molar-refractivity contribution >= 4 is 11.6 Å². The van der Waals surface area contributed by atoms with Crippen LogP contribution < -0.4 is 14.8 Å². The van der Waals surface area contributed by atoms with Crippen LogP contribution >= 0.6 is 0 Å². The Bertz CT molecular complexity index is 907. The summed E-state index contributed by atoms with van der Waals surface area (Å²) in [6.45, 7) is 2.68. The summed E-state index contributed by atoms with van der Waals surface area (Å²) < 4.78 is 11.2. The molecule has 1 aliphatic carbocycles. The maximum atomic E-state index is 12.7. The Morgan fingerprint density at radius 2 is 1.89 bits per heavy atom. The molecule has 2 aromatic carbocycles. The molecule has 2 aliphatic rings. The normalized spacial score (nSPS) is 16.5. The molecular formula is C20H20N2O5. The van der Waals surface area contributed by atoms with Crippen LogP contribution in [0, 0.1) is 23.0 Å². The number of nitrogens with zero attached hydrogens (tertiary/aromatic N) is 1. The Morgan fingerprint density at radius 3 is 2.56 bits per heavy atom. The van der Waals surface area contributed by atoms with Crippen molar-refractivity contribution in [2.45, 2.75) is 25.8 Å². The molecule has 0 aromatic heterocycles. The summed E-state index contributed by atoms with van der Waals surface area (Å²) in [4.78, 5) is 23.3. The zero-order valence-corrected chi connectivity index (χ0v) is 14.9. The standard InChI is InChI=1S/C20H20N2O5/c1-12-10-15(4-6-16(12)22(24)25)20(23)21-19(13-2-3-13)14-5-7-17-18(11-14)27-9-8-26-17/h4-7,10-11,13,19H,2-3,8-9H2,1H3,(H,21,23). The summed E-state index contributed by atoms with van der Waals surface area (Å²) in [6.07, 6.45) is 2.11. The van der Waals surface area contributed by atoms with Crippen LogP contribution in [-0.4, -0.2) is 24.0 Å². The molecule has 140 valence electrons. The second-order valence-corrected chi connectivity index (χ2v) is 6.95. The highest BCUT2D eigenvalue weighted by Crippen LogP contribution is 2.43. The number of nitro benzene ring substituents is 1. The Kier molecular flexibility index (Phi) is 4.43.